The zero-order valence-electron chi connectivity index (χ0n) is 22.8. The average molecular weight is 507 g/mol. The second kappa shape index (κ2) is 13.9. The fourth-order valence-electron chi connectivity index (χ4n) is 5.79. The van der Waals surface area contributed by atoms with Crippen LogP contribution in [0.3, 0.4) is 0 Å². The van der Waals surface area contributed by atoms with Crippen molar-refractivity contribution in [3.05, 3.63) is 131 Å². The predicted molar refractivity (Wildman–Crippen MR) is 159 cm³/mol. The third-order valence-electron chi connectivity index (χ3n) is 7.94. The summed E-state index contributed by atoms with van der Waals surface area (Å²) in [6, 6.07) is 36.4. The first kappa shape index (κ1) is 27.5. The Labute approximate surface area is 229 Å². The predicted octanol–water partition coefficient (Wildman–Crippen LogP) is 9.49. The van der Waals surface area contributed by atoms with Crippen LogP contribution in [0.2, 0.25) is 0 Å². The Bertz CT molecular complexity index is 1140. The van der Waals surface area contributed by atoms with Crippen LogP contribution in [-0.2, 0) is 11.8 Å². The second-order valence-electron chi connectivity index (χ2n) is 10.6. The molecule has 2 heteroatoms. The number of phenolic OH excluding ortho intramolecular Hbond substituents is 2. The summed E-state index contributed by atoms with van der Waals surface area (Å²) in [7, 11) is 0. The first-order valence-electron chi connectivity index (χ1n) is 14.3. The first-order valence-corrected chi connectivity index (χ1v) is 14.3. The fraction of sp³-hybridized carbons (Fsp3) is 0.333. The molecule has 0 fully saturated rings. The van der Waals surface area contributed by atoms with Gasteiger partial charge in [0.2, 0.25) is 0 Å². The van der Waals surface area contributed by atoms with Gasteiger partial charge in [0.1, 0.15) is 11.5 Å². The molecule has 0 atom stereocenters. The lowest BCUT2D eigenvalue weighted by Gasteiger charge is -2.36. The maximum absolute atomic E-state index is 10.1. The Hall–Kier alpha value is -3.52. The largest absolute Gasteiger partial charge is 0.508 e. The van der Waals surface area contributed by atoms with Gasteiger partial charge in [0.05, 0.1) is 0 Å². The topological polar surface area (TPSA) is 40.5 Å². The summed E-state index contributed by atoms with van der Waals surface area (Å²) in [6.45, 7) is 1.81. The van der Waals surface area contributed by atoms with Crippen LogP contribution < -0.4 is 0 Å². The molecule has 2 nitrogen and oxygen atoms in total. The Balaban J connectivity index is 1.28. The Kier molecular flexibility index (Phi) is 10.0. The maximum atomic E-state index is 10.1. The number of aromatic hydroxyl groups is 2. The van der Waals surface area contributed by atoms with E-state index >= 15 is 0 Å². The van der Waals surface area contributed by atoms with Gasteiger partial charge in [-0.2, -0.15) is 0 Å². The highest BCUT2D eigenvalue weighted by molar-refractivity contribution is 5.50. The molecule has 0 saturated heterocycles. The van der Waals surface area contributed by atoms with Crippen LogP contribution in [0.4, 0.5) is 0 Å². The van der Waals surface area contributed by atoms with Gasteiger partial charge in [0.15, 0.2) is 0 Å². The molecule has 0 bridgehead atoms. The van der Waals surface area contributed by atoms with Crippen molar-refractivity contribution in [2.24, 2.45) is 0 Å². The van der Waals surface area contributed by atoms with Crippen molar-refractivity contribution in [1.82, 2.24) is 0 Å². The molecule has 4 rings (SSSR count). The minimum absolute atomic E-state index is 0.139. The minimum Gasteiger partial charge on any atom is -0.508 e. The van der Waals surface area contributed by atoms with Crippen LogP contribution in [0.1, 0.15) is 85.6 Å². The van der Waals surface area contributed by atoms with Crippen LogP contribution in [-0.4, -0.2) is 10.2 Å². The van der Waals surface area contributed by atoms with Gasteiger partial charge in [0.25, 0.3) is 0 Å². The molecule has 0 unspecified atom stereocenters. The smallest absolute Gasteiger partial charge is 0.119 e. The fourth-order valence-corrected chi connectivity index (χ4v) is 5.79. The summed E-state index contributed by atoms with van der Waals surface area (Å²) in [5, 5.41) is 20.0. The van der Waals surface area contributed by atoms with Crippen LogP contribution in [0.5, 0.6) is 11.5 Å². The molecular weight excluding hydrogens is 464 g/mol. The molecule has 198 valence electrons. The van der Waals surface area contributed by atoms with Crippen molar-refractivity contribution in [3.63, 3.8) is 0 Å². The van der Waals surface area contributed by atoms with Crippen molar-refractivity contribution in [3.8, 4) is 11.5 Å². The zero-order chi connectivity index (χ0) is 26.6. The van der Waals surface area contributed by atoms with E-state index < -0.39 is 0 Å². The average Bonchev–Trinajstić information content (AvgIpc) is 2.96. The number of phenols is 2. The molecule has 0 aliphatic heterocycles. The van der Waals surface area contributed by atoms with Crippen molar-refractivity contribution in [2.75, 3.05) is 0 Å². The number of benzene rings is 4. The van der Waals surface area contributed by atoms with Gasteiger partial charge < -0.3 is 10.2 Å². The van der Waals surface area contributed by atoms with E-state index in [-0.39, 0.29) is 11.2 Å². The summed E-state index contributed by atoms with van der Waals surface area (Å²) in [6.07, 6.45) is 11.6. The molecule has 0 radical (unpaired) electrons. The van der Waals surface area contributed by atoms with Gasteiger partial charge in [-0.25, -0.2) is 0 Å². The number of rotatable bonds is 14. The molecule has 0 aliphatic rings. The van der Waals surface area contributed by atoms with Crippen molar-refractivity contribution < 1.29 is 10.2 Å². The van der Waals surface area contributed by atoms with Crippen molar-refractivity contribution >= 4 is 0 Å². The van der Waals surface area contributed by atoms with Gasteiger partial charge in [-0.15, -0.1) is 0 Å². The van der Waals surface area contributed by atoms with Crippen LogP contribution >= 0.6 is 0 Å². The SMILES string of the molecule is Cc1cc(O)c(CCCCCCCCCCC(c2ccccc2)(c2ccccc2)c2ccccc2)cc1O. The number of hydrogen-bond donors (Lipinski definition) is 2. The maximum Gasteiger partial charge on any atom is 0.119 e. The molecule has 0 saturated carbocycles. The highest BCUT2D eigenvalue weighted by Crippen LogP contribution is 2.43. The third kappa shape index (κ3) is 6.86. The highest BCUT2D eigenvalue weighted by Gasteiger charge is 2.35. The summed E-state index contributed by atoms with van der Waals surface area (Å²) in [5.74, 6) is 0.575. The summed E-state index contributed by atoms with van der Waals surface area (Å²) >= 11 is 0. The Morgan fingerprint density at radius 1 is 0.500 bits per heavy atom. The van der Waals surface area contributed by atoms with Gasteiger partial charge in [-0.05, 0) is 66.1 Å². The van der Waals surface area contributed by atoms with Gasteiger partial charge in [-0.3, -0.25) is 0 Å². The van der Waals surface area contributed by atoms with E-state index in [1.807, 2.05) is 6.92 Å². The molecule has 0 amide bonds. The molecule has 0 aromatic heterocycles. The van der Waals surface area contributed by atoms with Crippen LogP contribution in [0.15, 0.2) is 103 Å². The Morgan fingerprint density at radius 3 is 1.39 bits per heavy atom. The number of unbranched alkanes of at least 4 members (excludes halogenated alkanes) is 7. The summed E-state index contributed by atoms with van der Waals surface area (Å²) < 4.78 is 0. The van der Waals surface area contributed by atoms with E-state index in [0.717, 1.165) is 36.8 Å². The molecule has 2 N–H and O–H groups in total. The molecule has 0 aliphatic carbocycles. The summed E-state index contributed by atoms with van der Waals surface area (Å²) in [5.41, 5.74) is 5.53. The molecule has 0 heterocycles. The monoisotopic (exact) mass is 506 g/mol. The van der Waals surface area contributed by atoms with Gasteiger partial charge in [-0.1, -0.05) is 136 Å². The highest BCUT2D eigenvalue weighted by atomic mass is 16.3. The van der Waals surface area contributed by atoms with Crippen LogP contribution in [0.25, 0.3) is 0 Å². The lowest BCUT2D eigenvalue weighted by atomic mass is 9.66. The van der Waals surface area contributed by atoms with Gasteiger partial charge in [0, 0.05) is 5.41 Å². The van der Waals surface area contributed by atoms with E-state index in [1.54, 1.807) is 12.1 Å². The van der Waals surface area contributed by atoms with E-state index in [1.165, 1.54) is 55.2 Å². The standard InChI is InChI=1S/C36H42O2/c1-29-27-35(38)30(28-34(29)37)19-11-6-4-2-3-5-7-18-26-36(31-20-12-8-13-21-31,32-22-14-9-15-23-32)33-24-16-10-17-25-33/h8-10,12-17,20-25,27-28,37-38H,2-7,11,18-19,26H2,1H3. The lowest BCUT2D eigenvalue weighted by Crippen LogP contribution is -2.29. The lowest BCUT2D eigenvalue weighted by molar-refractivity contribution is 0.449. The van der Waals surface area contributed by atoms with E-state index in [2.05, 4.69) is 91.0 Å². The first-order chi connectivity index (χ1) is 18.6. The van der Waals surface area contributed by atoms with E-state index in [9.17, 15) is 10.2 Å². The minimum atomic E-state index is -0.139. The second-order valence-corrected chi connectivity index (χ2v) is 10.6. The van der Waals surface area contributed by atoms with Gasteiger partial charge >= 0.3 is 0 Å². The van der Waals surface area contributed by atoms with E-state index in [4.69, 9.17) is 0 Å². The van der Waals surface area contributed by atoms with Crippen molar-refractivity contribution in [2.45, 2.75) is 76.5 Å². The molecule has 4 aromatic rings. The summed E-state index contributed by atoms with van der Waals surface area (Å²) in [4.78, 5) is 0. The molecular formula is C36H42O2. The molecule has 38 heavy (non-hydrogen) atoms. The van der Waals surface area contributed by atoms with E-state index in [0.29, 0.717) is 5.75 Å². The zero-order valence-corrected chi connectivity index (χ0v) is 22.8. The van der Waals surface area contributed by atoms with Crippen molar-refractivity contribution in [1.29, 1.82) is 0 Å². The number of aryl methyl sites for hydroxylation is 2. The quantitative estimate of drug-likeness (QED) is 0.102. The molecule has 4 aromatic carbocycles. The van der Waals surface area contributed by atoms with Crippen LogP contribution in [0, 0.1) is 6.92 Å². The third-order valence-corrected chi connectivity index (χ3v) is 7.94. The Morgan fingerprint density at radius 2 is 0.921 bits per heavy atom. The molecule has 0 spiro atoms. The normalized spacial score (nSPS) is 11.5. The number of hydrogen-bond acceptors (Lipinski definition) is 2.